The fraction of sp³-hybridized carbons (Fsp3) is 0.273. The molecule has 2 nitrogen and oxygen atoms in total. The minimum Gasteiger partial charge on any atom is -0.398 e. The van der Waals surface area contributed by atoms with Gasteiger partial charge in [-0.1, -0.05) is 23.8 Å². The molecule has 1 rings (SSSR count). The number of nitrogens with two attached hydrogens (primary N) is 1. The van der Waals surface area contributed by atoms with Crippen molar-refractivity contribution in [3.8, 4) is 0 Å². The standard InChI is InChI=1S/C11H14ClNO/c1-8-6-9(4-2-3-5-14)10(12)7-11(8)13/h2,4,6-7,14H,3,5,13H2,1H3. The third-order valence-electron chi connectivity index (χ3n) is 1.98. The summed E-state index contributed by atoms with van der Waals surface area (Å²) in [5.74, 6) is 0. The number of halogens is 1. The van der Waals surface area contributed by atoms with Crippen LogP contribution in [-0.2, 0) is 0 Å². The van der Waals surface area contributed by atoms with Crippen LogP contribution in [0.3, 0.4) is 0 Å². The van der Waals surface area contributed by atoms with Gasteiger partial charge in [0.1, 0.15) is 0 Å². The average molecular weight is 212 g/mol. The van der Waals surface area contributed by atoms with Crippen molar-refractivity contribution < 1.29 is 5.11 Å². The van der Waals surface area contributed by atoms with Gasteiger partial charge in [-0.3, -0.25) is 0 Å². The van der Waals surface area contributed by atoms with E-state index in [1.807, 2.05) is 25.1 Å². The Hall–Kier alpha value is -0.990. The zero-order valence-electron chi connectivity index (χ0n) is 8.13. The predicted octanol–water partition coefficient (Wildman–Crippen LogP) is 2.63. The Morgan fingerprint density at radius 1 is 1.50 bits per heavy atom. The van der Waals surface area contributed by atoms with Gasteiger partial charge < -0.3 is 10.8 Å². The lowest BCUT2D eigenvalue weighted by Gasteiger charge is -2.04. The SMILES string of the molecule is Cc1cc(C=CCCO)c(Cl)cc1N. The Morgan fingerprint density at radius 2 is 2.21 bits per heavy atom. The van der Waals surface area contributed by atoms with Crippen molar-refractivity contribution in [3.63, 3.8) is 0 Å². The molecule has 0 aliphatic heterocycles. The van der Waals surface area contributed by atoms with E-state index in [0.29, 0.717) is 17.1 Å². The van der Waals surface area contributed by atoms with Gasteiger partial charge in [0.25, 0.3) is 0 Å². The van der Waals surface area contributed by atoms with Crippen molar-refractivity contribution in [1.29, 1.82) is 0 Å². The number of nitrogen functional groups attached to an aromatic ring is 1. The van der Waals surface area contributed by atoms with Crippen molar-refractivity contribution in [1.82, 2.24) is 0 Å². The van der Waals surface area contributed by atoms with Gasteiger partial charge in [-0.05, 0) is 36.6 Å². The van der Waals surface area contributed by atoms with Gasteiger partial charge in [0, 0.05) is 17.3 Å². The second-order valence-corrected chi connectivity index (χ2v) is 3.55. The maximum atomic E-state index is 8.61. The molecule has 76 valence electrons. The molecule has 0 heterocycles. The van der Waals surface area contributed by atoms with Crippen LogP contribution in [0.15, 0.2) is 18.2 Å². The molecule has 1 aromatic carbocycles. The van der Waals surface area contributed by atoms with Crippen LogP contribution in [0.4, 0.5) is 5.69 Å². The van der Waals surface area contributed by atoms with Gasteiger partial charge in [0.05, 0.1) is 0 Å². The van der Waals surface area contributed by atoms with Crippen molar-refractivity contribution in [3.05, 3.63) is 34.4 Å². The van der Waals surface area contributed by atoms with E-state index < -0.39 is 0 Å². The molecule has 3 N–H and O–H groups in total. The summed E-state index contributed by atoms with van der Waals surface area (Å²) in [5, 5.41) is 9.25. The molecule has 0 saturated carbocycles. The highest BCUT2D eigenvalue weighted by atomic mass is 35.5. The van der Waals surface area contributed by atoms with Crippen LogP contribution in [-0.4, -0.2) is 11.7 Å². The fourth-order valence-corrected chi connectivity index (χ4v) is 1.37. The average Bonchev–Trinajstić information content (AvgIpc) is 2.14. The van der Waals surface area contributed by atoms with Gasteiger partial charge in [-0.2, -0.15) is 0 Å². The maximum Gasteiger partial charge on any atom is 0.0498 e. The first kappa shape index (κ1) is 11.1. The molecule has 0 aliphatic rings. The monoisotopic (exact) mass is 211 g/mol. The number of aryl methyl sites for hydroxylation is 1. The molecule has 3 heteroatoms. The van der Waals surface area contributed by atoms with Gasteiger partial charge in [0.15, 0.2) is 0 Å². The van der Waals surface area contributed by atoms with E-state index in [2.05, 4.69) is 0 Å². The Morgan fingerprint density at radius 3 is 2.86 bits per heavy atom. The molecule has 0 radical (unpaired) electrons. The molecule has 0 unspecified atom stereocenters. The molecule has 0 spiro atoms. The van der Waals surface area contributed by atoms with Gasteiger partial charge >= 0.3 is 0 Å². The van der Waals surface area contributed by atoms with Crippen molar-refractivity contribution in [2.75, 3.05) is 12.3 Å². The van der Waals surface area contributed by atoms with Crippen LogP contribution < -0.4 is 5.73 Å². The third-order valence-corrected chi connectivity index (χ3v) is 2.31. The van der Waals surface area contributed by atoms with Crippen LogP contribution in [0.1, 0.15) is 17.5 Å². The summed E-state index contributed by atoms with van der Waals surface area (Å²) >= 11 is 5.99. The summed E-state index contributed by atoms with van der Waals surface area (Å²) in [6.45, 7) is 2.09. The summed E-state index contributed by atoms with van der Waals surface area (Å²) in [7, 11) is 0. The third kappa shape index (κ3) is 2.76. The molecular formula is C11H14ClNO. The molecule has 0 atom stereocenters. The van der Waals surface area contributed by atoms with Gasteiger partial charge in [-0.15, -0.1) is 0 Å². The first-order valence-electron chi connectivity index (χ1n) is 4.48. The van der Waals surface area contributed by atoms with E-state index in [9.17, 15) is 0 Å². The van der Waals surface area contributed by atoms with E-state index in [4.69, 9.17) is 22.4 Å². The molecule has 0 fully saturated rings. The number of rotatable bonds is 3. The number of aliphatic hydroxyl groups is 1. The second kappa shape index (κ2) is 5.03. The topological polar surface area (TPSA) is 46.2 Å². The quantitative estimate of drug-likeness (QED) is 0.756. The van der Waals surface area contributed by atoms with E-state index in [0.717, 1.165) is 11.1 Å². The molecule has 0 saturated heterocycles. The van der Waals surface area contributed by atoms with E-state index in [1.54, 1.807) is 6.07 Å². The highest BCUT2D eigenvalue weighted by molar-refractivity contribution is 6.32. The van der Waals surface area contributed by atoms with Crippen LogP contribution in [0.2, 0.25) is 5.02 Å². The van der Waals surface area contributed by atoms with Crippen molar-refractivity contribution >= 4 is 23.4 Å². The molecule has 0 amide bonds. The fourth-order valence-electron chi connectivity index (χ4n) is 1.13. The highest BCUT2D eigenvalue weighted by Crippen LogP contribution is 2.23. The first-order chi connectivity index (χ1) is 6.65. The van der Waals surface area contributed by atoms with Crippen LogP contribution in [0, 0.1) is 6.92 Å². The lowest BCUT2D eigenvalue weighted by Crippen LogP contribution is -1.90. The molecule has 0 aliphatic carbocycles. The molecule has 0 aromatic heterocycles. The lowest BCUT2D eigenvalue weighted by molar-refractivity contribution is 0.303. The normalized spacial score (nSPS) is 11.1. The van der Waals surface area contributed by atoms with Crippen molar-refractivity contribution in [2.24, 2.45) is 0 Å². The predicted molar refractivity (Wildman–Crippen MR) is 61.3 cm³/mol. The molecule has 14 heavy (non-hydrogen) atoms. The second-order valence-electron chi connectivity index (χ2n) is 3.14. The largest absolute Gasteiger partial charge is 0.398 e. The minimum absolute atomic E-state index is 0.155. The minimum atomic E-state index is 0.155. The van der Waals surface area contributed by atoms with Gasteiger partial charge in [-0.25, -0.2) is 0 Å². The van der Waals surface area contributed by atoms with Crippen molar-refractivity contribution in [2.45, 2.75) is 13.3 Å². The molecule has 0 bridgehead atoms. The summed E-state index contributed by atoms with van der Waals surface area (Å²) in [5.41, 5.74) is 8.35. The summed E-state index contributed by atoms with van der Waals surface area (Å²) in [6.07, 6.45) is 4.42. The lowest BCUT2D eigenvalue weighted by atomic mass is 10.1. The summed E-state index contributed by atoms with van der Waals surface area (Å²) in [4.78, 5) is 0. The number of hydrogen-bond donors (Lipinski definition) is 2. The highest BCUT2D eigenvalue weighted by Gasteiger charge is 2.00. The number of aliphatic hydroxyl groups excluding tert-OH is 1. The summed E-state index contributed by atoms with van der Waals surface area (Å²) in [6, 6.07) is 3.68. The maximum absolute atomic E-state index is 8.61. The Bertz CT molecular complexity index is 347. The molecular weight excluding hydrogens is 198 g/mol. The Kier molecular flexibility index (Phi) is 3.98. The number of hydrogen-bond acceptors (Lipinski definition) is 2. The summed E-state index contributed by atoms with van der Waals surface area (Å²) < 4.78 is 0. The van der Waals surface area contributed by atoms with Crippen LogP contribution >= 0.6 is 11.6 Å². The van der Waals surface area contributed by atoms with Crippen LogP contribution in [0.5, 0.6) is 0 Å². The van der Waals surface area contributed by atoms with E-state index in [1.165, 1.54) is 0 Å². The van der Waals surface area contributed by atoms with E-state index in [-0.39, 0.29) is 6.61 Å². The Labute approximate surface area is 89.0 Å². The smallest absolute Gasteiger partial charge is 0.0498 e. The zero-order chi connectivity index (χ0) is 10.6. The number of anilines is 1. The Balaban J connectivity index is 2.92. The first-order valence-corrected chi connectivity index (χ1v) is 4.86. The number of benzene rings is 1. The van der Waals surface area contributed by atoms with Crippen LogP contribution in [0.25, 0.3) is 6.08 Å². The van der Waals surface area contributed by atoms with E-state index >= 15 is 0 Å². The zero-order valence-corrected chi connectivity index (χ0v) is 8.88. The van der Waals surface area contributed by atoms with Gasteiger partial charge in [0.2, 0.25) is 0 Å². The molecule has 1 aromatic rings.